The van der Waals surface area contributed by atoms with Crippen molar-refractivity contribution in [2.24, 2.45) is 0 Å². The summed E-state index contributed by atoms with van der Waals surface area (Å²) in [5.74, 6) is -0.499. The molecule has 128 valence electrons. The maximum absolute atomic E-state index is 11.2. The van der Waals surface area contributed by atoms with E-state index < -0.39 is 10.9 Å². The van der Waals surface area contributed by atoms with E-state index in [4.69, 9.17) is 9.84 Å². The maximum Gasteiger partial charge on any atom is 0.352 e. The number of non-ortho nitro benzene ring substituents is 1. The number of carbonyl (C=O) groups is 1. The van der Waals surface area contributed by atoms with Gasteiger partial charge in [-0.3, -0.25) is 10.1 Å². The molecule has 8 nitrogen and oxygen atoms in total. The summed E-state index contributed by atoms with van der Waals surface area (Å²) in [5, 5.41) is 23.9. The molecule has 0 saturated heterocycles. The number of H-pyrrole nitrogens is 1. The van der Waals surface area contributed by atoms with Crippen LogP contribution in [0.15, 0.2) is 42.5 Å². The minimum Gasteiger partial charge on any atom is -0.494 e. The number of benzene rings is 2. The number of nitro groups is 1. The number of anilines is 2. The van der Waals surface area contributed by atoms with Gasteiger partial charge in [-0.2, -0.15) is 0 Å². The molecular formula is C17H15N3O5. The van der Waals surface area contributed by atoms with E-state index in [9.17, 15) is 14.9 Å². The van der Waals surface area contributed by atoms with E-state index in [0.29, 0.717) is 23.4 Å². The van der Waals surface area contributed by atoms with Crippen molar-refractivity contribution in [3.05, 3.63) is 58.3 Å². The van der Waals surface area contributed by atoms with Gasteiger partial charge < -0.3 is 20.1 Å². The maximum atomic E-state index is 11.2. The lowest BCUT2D eigenvalue weighted by atomic mass is 10.1. The fraction of sp³-hybridized carbons (Fsp3) is 0.118. The molecule has 0 fully saturated rings. The van der Waals surface area contributed by atoms with Gasteiger partial charge in [0.25, 0.3) is 5.69 Å². The lowest BCUT2D eigenvalue weighted by Crippen LogP contribution is -1.96. The van der Waals surface area contributed by atoms with Crippen LogP contribution in [0.25, 0.3) is 10.9 Å². The number of carboxylic acids is 1. The summed E-state index contributed by atoms with van der Waals surface area (Å²) in [6, 6.07) is 11.5. The van der Waals surface area contributed by atoms with E-state index in [1.165, 1.54) is 12.1 Å². The number of fused-ring (bicyclic) bond motifs is 1. The van der Waals surface area contributed by atoms with Crippen molar-refractivity contribution in [2.75, 3.05) is 11.9 Å². The molecule has 0 aliphatic heterocycles. The van der Waals surface area contributed by atoms with Crippen LogP contribution in [0.2, 0.25) is 0 Å². The van der Waals surface area contributed by atoms with Crippen molar-refractivity contribution >= 4 is 33.9 Å². The Morgan fingerprint density at radius 1 is 1.32 bits per heavy atom. The third kappa shape index (κ3) is 3.23. The first-order valence-corrected chi connectivity index (χ1v) is 7.53. The lowest BCUT2D eigenvalue weighted by Gasteiger charge is -2.10. The number of hydrogen-bond acceptors (Lipinski definition) is 5. The minimum absolute atomic E-state index is 0.115. The van der Waals surface area contributed by atoms with Crippen LogP contribution in [0.5, 0.6) is 5.75 Å². The molecule has 2 aromatic carbocycles. The molecule has 0 aliphatic carbocycles. The van der Waals surface area contributed by atoms with Crippen LogP contribution in [0.1, 0.15) is 17.4 Å². The molecule has 3 aromatic rings. The molecule has 8 heteroatoms. The lowest BCUT2D eigenvalue weighted by molar-refractivity contribution is -0.383. The fourth-order valence-electron chi connectivity index (χ4n) is 2.57. The van der Waals surface area contributed by atoms with Gasteiger partial charge in [-0.1, -0.05) is 6.07 Å². The number of ether oxygens (including phenoxy) is 1. The van der Waals surface area contributed by atoms with E-state index in [1.54, 1.807) is 12.1 Å². The van der Waals surface area contributed by atoms with Crippen LogP contribution in [-0.2, 0) is 0 Å². The van der Waals surface area contributed by atoms with E-state index in [0.717, 1.165) is 5.69 Å². The van der Waals surface area contributed by atoms with E-state index >= 15 is 0 Å². The first-order chi connectivity index (χ1) is 12.0. The molecule has 1 aromatic heterocycles. The van der Waals surface area contributed by atoms with Crippen LogP contribution in [-0.4, -0.2) is 27.6 Å². The molecule has 25 heavy (non-hydrogen) atoms. The van der Waals surface area contributed by atoms with Crippen LogP contribution < -0.4 is 10.1 Å². The van der Waals surface area contributed by atoms with Crippen LogP contribution in [0.4, 0.5) is 17.1 Å². The van der Waals surface area contributed by atoms with Crippen LogP contribution in [0.3, 0.4) is 0 Å². The Morgan fingerprint density at radius 2 is 2.12 bits per heavy atom. The molecular weight excluding hydrogens is 326 g/mol. The van der Waals surface area contributed by atoms with Crippen molar-refractivity contribution in [1.29, 1.82) is 0 Å². The molecule has 0 radical (unpaired) electrons. The number of nitrogens with zero attached hydrogens (tertiary/aromatic N) is 1. The number of rotatable bonds is 6. The molecule has 0 aliphatic rings. The number of carboxylic acid groups (broad SMARTS) is 1. The van der Waals surface area contributed by atoms with Gasteiger partial charge in [-0.05, 0) is 31.2 Å². The van der Waals surface area contributed by atoms with Gasteiger partial charge in [-0.15, -0.1) is 0 Å². The Kier molecular flexibility index (Phi) is 4.25. The third-order valence-electron chi connectivity index (χ3n) is 3.62. The monoisotopic (exact) mass is 341 g/mol. The average molecular weight is 341 g/mol. The number of aromatic carboxylic acids is 1. The Balaban J connectivity index is 2.07. The van der Waals surface area contributed by atoms with E-state index in [2.05, 4.69) is 10.3 Å². The summed E-state index contributed by atoms with van der Waals surface area (Å²) in [6.07, 6.45) is 0. The van der Waals surface area contributed by atoms with Crippen molar-refractivity contribution in [2.45, 2.75) is 6.92 Å². The molecule has 0 amide bonds. The minimum atomic E-state index is -1.19. The van der Waals surface area contributed by atoms with Gasteiger partial charge in [-0.25, -0.2) is 4.79 Å². The quantitative estimate of drug-likeness (QED) is 0.462. The highest BCUT2D eigenvalue weighted by Gasteiger charge is 2.19. The second kappa shape index (κ2) is 6.52. The standard InChI is InChI=1S/C17H15N3O5/c1-2-25-11-5-3-4-10(8-11)18-13-6-7-15(20(23)24)16-12(13)9-14(19-16)17(21)22/h3-9,18-19H,2H2,1H3,(H,21,22). The molecule has 0 atom stereocenters. The van der Waals surface area contributed by atoms with Gasteiger partial charge in [0.2, 0.25) is 0 Å². The van der Waals surface area contributed by atoms with Crippen molar-refractivity contribution in [1.82, 2.24) is 4.98 Å². The van der Waals surface area contributed by atoms with E-state index in [-0.39, 0.29) is 16.9 Å². The Labute approximate surface area is 142 Å². The topological polar surface area (TPSA) is 117 Å². The fourth-order valence-corrected chi connectivity index (χ4v) is 2.57. The zero-order chi connectivity index (χ0) is 18.0. The summed E-state index contributed by atoms with van der Waals surface area (Å²) >= 11 is 0. The van der Waals surface area contributed by atoms with Crippen molar-refractivity contribution < 1.29 is 19.6 Å². The molecule has 0 bridgehead atoms. The Morgan fingerprint density at radius 3 is 2.80 bits per heavy atom. The molecule has 0 spiro atoms. The molecule has 0 unspecified atom stereocenters. The van der Waals surface area contributed by atoms with Gasteiger partial charge in [0.15, 0.2) is 0 Å². The number of nitrogens with one attached hydrogen (secondary N) is 2. The summed E-state index contributed by atoms with van der Waals surface area (Å²) < 4.78 is 5.44. The van der Waals surface area contributed by atoms with Gasteiger partial charge >= 0.3 is 5.97 Å². The van der Waals surface area contributed by atoms with Gasteiger partial charge in [0.05, 0.1) is 11.5 Å². The second-order valence-corrected chi connectivity index (χ2v) is 5.25. The Hall–Kier alpha value is -3.55. The van der Waals surface area contributed by atoms with Crippen molar-refractivity contribution in [3.8, 4) is 5.75 Å². The van der Waals surface area contributed by atoms with Crippen LogP contribution in [0, 0.1) is 10.1 Å². The largest absolute Gasteiger partial charge is 0.494 e. The van der Waals surface area contributed by atoms with Gasteiger partial charge in [0.1, 0.15) is 17.0 Å². The number of aromatic amines is 1. The molecule has 0 saturated carbocycles. The first-order valence-electron chi connectivity index (χ1n) is 7.53. The normalized spacial score (nSPS) is 10.6. The SMILES string of the molecule is CCOc1cccc(Nc2ccc([N+](=O)[O-])c3[nH]c(C(=O)O)cc23)c1. The highest BCUT2D eigenvalue weighted by atomic mass is 16.6. The highest BCUT2D eigenvalue weighted by molar-refractivity contribution is 6.03. The predicted molar refractivity (Wildman–Crippen MR) is 92.8 cm³/mol. The predicted octanol–water partition coefficient (Wildman–Crippen LogP) is 3.92. The van der Waals surface area contributed by atoms with Crippen molar-refractivity contribution in [3.63, 3.8) is 0 Å². The highest BCUT2D eigenvalue weighted by Crippen LogP contribution is 2.34. The van der Waals surface area contributed by atoms with Gasteiger partial charge in [0, 0.05) is 28.9 Å². The summed E-state index contributed by atoms with van der Waals surface area (Å²) in [5.41, 5.74) is 1.14. The second-order valence-electron chi connectivity index (χ2n) is 5.25. The smallest absolute Gasteiger partial charge is 0.352 e. The molecule has 3 N–H and O–H groups in total. The number of nitro benzene ring substituents is 1. The number of hydrogen-bond donors (Lipinski definition) is 3. The first kappa shape index (κ1) is 16.3. The Bertz CT molecular complexity index is 964. The van der Waals surface area contributed by atoms with E-state index in [1.807, 2.05) is 25.1 Å². The summed E-state index contributed by atoms with van der Waals surface area (Å²) in [4.78, 5) is 24.4. The zero-order valence-corrected chi connectivity index (χ0v) is 13.3. The summed E-state index contributed by atoms with van der Waals surface area (Å²) in [7, 11) is 0. The van der Waals surface area contributed by atoms with Crippen LogP contribution >= 0.6 is 0 Å². The average Bonchev–Trinajstić information content (AvgIpc) is 3.01. The summed E-state index contributed by atoms with van der Waals surface area (Å²) in [6.45, 7) is 2.41. The molecule has 3 rings (SSSR count). The number of aromatic nitrogens is 1. The molecule has 1 heterocycles. The zero-order valence-electron chi connectivity index (χ0n) is 13.3. The third-order valence-corrected chi connectivity index (χ3v) is 3.62.